The SMILES string of the molecule is CC(O)c1cnc(NC2=CC(Cl)=CCC2)nc1C(F)(F)F. The summed E-state index contributed by atoms with van der Waals surface area (Å²) < 4.78 is 38.9. The zero-order chi connectivity index (χ0) is 15.6. The molecule has 2 N–H and O–H groups in total. The Morgan fingerprint density at radius 3 is 2.71 bits per heavy atom. The van der Waals surface area contributed by atoms with E-state index in [1.54, 1.807) is 6.08 Å². The summed E-state index contributed by atoms with van der Waals surface area (Å²) >= 11 is 5.84. The second-order valence-electron chi connectivity index (χ2n) is 4.59. The Labute approximate surface area is 124 Å². The first-order valence-electron chi connectivity index (χ1n) is 6.23. The summed E-state index contributed by atoms with van der Waals surface area (Å²) in [5, 5.41) is 12.6. The molecular weight excluding hydrogens is 307 g/mol. The highest BCUT2D eigenvalue weighted by atomic mass is 35.5. The van der Waals surface area contributed by atoms with E-state index < -0.39 is 18.0 Å². The molecule has 2 rings (SSSR count). The molecule has 0 aromatic carbocycles. The number of anilines is 1. The Hall–Kier alpha value is -1.60. The van der Waals surface area contributed by atoms with E-state index in [2.05, 4.69) is 15.3 Å². The Bertz CT molecular complexity index is 597. The molecule has 0 fully saturated rings. The van der Waals surface area contributed by atoms with Gasteiger partial charge >= 0.3 is 6.18 Å². The van der Waals surface area contributed by atoms with Crippen LogP contribution in [0.4, 0.5) is 19.1 Å². The first kappa shape index (κ1) is 15.8. The lowest BCUT2D eigenvalue weighted by molar-refractivity contribution is -0.142. The number of aliphatic hydroxyl groups excluding tert-OH is 1. The second kappa shape index (κ2) is 6.03. The van der Waals surface area contributed by atoms with E-state index in [1.165, 1.54) is 6.92 Å². The third-order valence-corrected chi connectivity index (χ3v) is 3.14. The van der Waals surface area contributed by atoms with E-state index in [4.69, 9.17) is 11.6 Å². The van der Waals surface area contributed by atoms with Gasteiger partial charge in [-0.1, -0.05) is 17.7 Å². The maximum Gasteiger partial charge on any atom is 0.433 e. The van der Waals surface area contributed by atoms with Gasteiger partial charge in [-0.05, 0) is 25.8 Å². The lowest BCUT2D eigenvalue weighted by atomic mass is 10.1. The molecule has 1 aromatic rings. The van der Waals surface area contributed by atoms with Gasteiger partial charge in [0.15, 0.2) is 5.69 Å². The van der Waals surface area contributed by atoms with Gasteiger partial charge in [-0.3, -0.25) is 0 Å². The summed E-state index contributed by atoms with van der Waals surface area (Å²) in [4.78, 5) is 7.28. The zero-order valence-corrected chi connectivity index (χ0v) is 11.8. The topological polar surface area (TPSA) is 58.0 Å². The van der Waals surface area contributed by atoms with Crippen LogP contribution in [-0.4, -0.2) is 15.1 Å². The van der Waals surface area contributed by atoms with Crippen molar-refractivity contribution in [2.45, 2.75) is 32.0 Å². The molecule has 1 aliphatic carbocycles. The number of alkyl halides is 3. The second-order valence-corrected chi connectivity index (χ2v) is 5.03. The van der Waals surface area contributed by atoms with Gasteiger partial charge < -0.3 is 10.4 Å². The quantitative estimate of drug-likeness (QED) is 0.890. The van der Waals surface area contributed by atoms with E-state index in [9.17, 15) is 18.3 Å². The Morgan fingerprint density at radius 1 is 1.43 bits per heavy atom. The maximum atomic E-state index is 13.0. The van der Waals surface area contributed by atoms with Gasteiger partial charge in [-0.2, -0.15) is 13.2 Å². The third kappa shape index (κ3) is 3.95. The minimum atomic E-state index is -4.66. The van der Waals surface area contributed by atoms with Crippen molar-refractivity contribution in [1.82, 2.24) is 9.97 Å². The van der Waals surface area contributed by atoms with Crippen molar-refractivity contribution >= 4 is 17.5 Å². The standard InChI is InChI=1S/C13H13ClF3N3O/c1-7(21)10-6-18-12(20-11(10)13(15,16)17)19-9-4-2-3-8(14)5-9/h3,5-7,21H,2,4H2,1H3,(H,18,19,20). The van der Waals surface area contributed by atoms with Crippen LogP contribution in [0.3, 0.4) is 0 Å². The lowest BCUT2D eigenvalue weighted by Gasteiger charge is -2.16. The number of nitrogens with one attached hydrogen (secondary N) is 1. The molecule has 0 radical (unpaired) electrons. The molecule has 0 saturated carbocycles. The van der Waals surface area contributed by atoms with E-state index in [0.29, 0.717) is 23.6 Å². The molecule has 1 atom stereocenters. The van der Waals surface area contributed by atoms with Gasteiger partial charge in [-0.25, -0.2) is 9.97 Å². The van der Waals surface area contributed by atoms with Crippen LogP contribution < -0.4 is 5.32 Å². The van der Waals surface area contributed by atoms with Crippen molar-refractivity contribution < 1.29 is 18.3 Å². The fourth-order valence-corrected chi connectivity index (χ4v) is 2.13. The molecule has 1 unspecified atom stereocenters. The van der Waals surface area contributed by atoms with Crippen molar-refractivity contribution in [3.05, 3.63) is 40.3 Å². The van der Waals surface area contributed by atoms with Gasteiger partial charge in [0.2, 0.25) is 5.95 Å². The number of hydrogen-bond donors (Lipinski definition) is 2. The molecule has 0 spiro atoms. The molecular formula is C13H13ClF3N3O. The van der Waals surface area contributed by atoms with Gasteiger partial charge in [-0.15, -0.1) is 0 Å². The fraction of sp³-hybridized carbons (Fsp3) is 0.385. The minimum absolute atomic E-state index is 0.177. The molecule has 0 aliphatic heterocycles. The highest BCUT2D eigenvalue weighted by molar-refractivity contribution is 6.31. The highest BCUT2D eigenvalue weighted by Gasteiger charge is 2.37. The Morgan fingerprint density at radius 2 is 2.14 bits per heavy atom. The van der Waals surface area contributed by atoms with Crippen molar-refractivity contribution in [2.75, 3.05) is 5.32 Å². The predicted octanol–water partition coefficient (Wildman–Crippen LogP) is 3.76. The Balaban J connectivity index is 2.32. The van der Waals surface area contributed by atoms with Gasteiger partial charge in [0.05, 0.1) is 6.10 Å². The molecule has 4 nitrogen and oxygen atoms in total. The van der Waals surface area contributed by atoms with Crippen LogP contribution >= 0.6 is 11.6 Å². The number of hydrogen-bond acceptors (Lipinski definition) is 4. The van der Waals surface area contributed by atoms with Crippen molar-refractivity contribution in [3.63, 3.8) is 0 Å². The molecule has 8 heteroatoms. The summed E-state index contributed by atoms with van der Waals surface area (Å²) in [7, 11) is 0. The van der Waals surface area contributed by atoms with Crippen LogP contribution in [-0.2, 0) is 6.18 Å². The van der Waals surface area contributed by atoms with Gasteiger partial charge in [0, 0.05) is 22.5 Å². The van der Waals surface area contributed by atoms with Crippen LogP contribution in [0.25, 0.3) is 0 Å². The van der Waals surface area contributed by atoms with Crippen LogP contribution in [0, 0.1) is 0 Å². The van der Waals surface area contributed by atoms with Crippen LogP contribution in [0.2, 0.25) is 0 Å². The summed E-state index contributed by atoms with van der Waals surface area (Å²) in [5.41, 5.74) is -0.864. The largest absolute Gasteiger partial charge is 0.433 e. The molecule has 1 aromatic heterocycles. The van der Waals surface area contributed by atoms with Gasteiger partial charge in [0.1, 0.15) is 0 Å². The smallest absolute Gasteiger partial charge is 0.389 e. The summed E-state index contributed by atoms with van der Waals surface area (Å²) in [6.45, 7) is 1.23. The maximum absolute atomic E-state index is 13.0. The van der Waals surface area contributed by atoms with E-state index in [0.717, 1.165) is 6.20 Å². The van der Waals surface area contributed by atoms with Crippen molar-refractivity contribution in [1.29, 1.82) is 0 Å². The average molecular weight is 320 g/mol. The van der Waals surface area contributed by atoms with E-state index in [-0.39, 0.29) is 11.5 Å². The number of allylic oxidation sites excluding steroid dienone is 4. The average Bonchev–Trinajstić information content (AvgIpc) is 2.37. The van der Waals surface area contributed by atoms with Crippen molar-refractivity contribution in [2.24, 2.45) is 0 Å². The normalized spacial score (nSPS) is 17.0. The number of aromatic nitrogens is 2. The molecule has 114 valence electrons. The van der Waals surface area contributed by atoms with Crippen molar-refractivity contribution in [3.8, 4) is 0 Å². The Kier molecular flexibility index (Phi) is 4.53. The highest BCUT2D eigenvalue weighted by Crippen LogP contribution is 2.33. The summed E-state index contributed by atoms with van der Waals surface area (Å²) in [6, 6.07) is 0. The first-order chi connectivity index (χ1) is 9.77. The molecule has 0 amide bonds. The number of aliphatic hydroxyl groups is 1. The molecule has 21 heavy (non-hydrogen) atoms. The predicted molar refractivity (Wildman–Crippen MR) is 72.5 cm³/mol. The molecule has 0 bridgehead atoms. The van der Waals surface area contributed by atoms with E-state index in [1.807, 2.05) is 6.08 Å². The van der Waals surface area contributed by atoms with E-state index >= 15 is 0 Å². The van der Waals surface area contributed by atoms with Gasteiger partial charge in [0.25, 0.3) is 0 Å². The lowest BCUT2D eigenvalue weighted by Crippen LogP contribution is -2.16. The first-order valence-corrected chi connectivity index (χ1v) is 6.60. The monoisotopic (exact) mass is 319 g/mol. The van der Waals surface area contributed by atoms with Crippen LogP contribution in [0.15, 0.2) is 29.1 Å². The molecule has 0 saturated heterocycles. The number of halogens is 4. The summed E-state index contributed by atoms with van der Waals surface area (Å²) in [6.07, 6.45) is -0.264. The molecule has 1 heterocycles. The summed E-state index contributed by atoms with van der Waals surface area (Å²) in [5.74, 6) is -0.177. The zero-order valence-electron chi connectivity index (χ0n) is 11.1. The fourth-order valence-electron chi connectivity index (χ4n) is 1.89. The number of nitrogens with zero attached hydrogens (tertiary/aromatic N) is 2. The third-order valence-electron chi connectivity index (χ3n) is 2.87. The van der Waals surface area contributed by atoms with Crippen LogP contribution in [0.1, 0.15) is 37.1 Å². The molecule has 1 aliphatic rings. The van der Waals surface area contributed by atoms with Crippen LogP contribution in [0.5, 0.6) is 0 Å². The number of rotatable bonds is 3. The minimum Gasteiger partial charge on any atom is -0.389 e.